The van der Waals surface area contributed by atoms with E-state index in [1.54, 1.807) is 18.7 Å². The molecule has 0 unspecified atom stereocenters. The maximum absolute atomic E-state index is 13.4. The average molecular weight is 407 g/mol. The molecule has 0 aliphatic carbocycles. The van der Waals surface area contributed by atoms with Gasteiger partial charge in [0.25, 0.3) is 5.91 Å². The Morgan fingerprint density at radius 1 is 1.03 bits per heavy atom. The van der Waals surface area contributed by atoms with Gasteiger partial charge in [0.15, 0.2) is 0 Å². The van der Waals surface area contributed by atoms with Gasteiger partial charge in [0, 0.05) is 11.1 Å². The van der Waals surface area contributed by atoms with E-state index in [4.69, 9.17) is 4.74 Å². The van der Waals surface area contributed by atoms with Gasteiger partial charge in [0.1, 0.15) is 0 Å². The highest BCUT2D eigenvalue weighted by Crippen LogP contribution is 2.38. The summed E-state index contributed by atoms with van der Waals surface area (Å²) in [4.78, 5) is 27.2. The number of para-hydroxylation sites is 1. The monoisotopic (exact) mass is 406 g/mol. The Hall–Kier alpha value is -3.12. The van der Waals surface area contributed by atoms with E-state index in [2.05, 4.69) is 11.4 Å². The van der Waals surface area contributed by atoms with Gasteiger partial charge in [-0.2, -0.15) is 11.3 Å². The first-order chi connectivity index (χ1) is 14.0. The Morgan fingerprint density at radius 2 is 1.79 bits per heavy atom. The van der Waals surface area contributed by atoms with Crippen LogP contribution in [0.4, 0.5) is 21.9 Å². The van der Waals surface area contributed by atoms with E-state index in [0.717, 1.165) is 35.3 Å². The second-order valence-corrected chi connectivity index (χ2v) is 7.98. The summed E-state index contributed by atoms with van der Waals surface area (Å²) in [5.41, 5.74) is 5.10. The van der Waals surface area contributed by atoms with Crippen molar-refractivity contribution in [3.63, 3.8) is 0 Å². The SMILES string of the molecule is CC(C)OC(=O)Nc1ccc2c(c1)N(C(=O)c1ccsc1)c1ccccc1CC2. The van der Waals surface area contributed by atoms with Crippen molar-refractivity contribution in [3.05, 3.63) is 76.0 Å². The fourth-order valence-electron chi connectivity index (χ4n) is 3.50. The summed E-state index contributed by atoms with van der Waals surface area (Å²) in [6, 6.07) is 15.5. The number of aryl methyl sites for hydroxylation is 2. The highest BCUT2D eigenvalue weighted by molar-refractivity contribution is 7.08. The van der Waals surface area contributed by atoms with Crippen molar-refractivity contribution in [3.8, 4) is 0 Å². The zero-order valence-electron chi connectivity index (χ0n) is 16.3. The Kier molecular flexibility index (Phi) is 5.36. The first-order valence-electron chi connectivity index (χ1n) is 9.58. The molecule has 3 aromatic rings. The molecular formula is C23H22N2O3S. The minimum atomic E-state index is -0.510. The molecular weight excluding hydrogens is 384 g/mol. The number of thiophene rings is 1. The summed E-state index contributed by atoms with van der Waals surface area (Å²) >= 11 is 1.50. The van der Waals surface area contributed by atoms with Crippen LogP contribution in [0.25, 0.3) is 0 Å². The van der Waals surface area contributed by atoms with Crippen LogP contribution in [0, 0.1) is 0 Å². The third-order valence-electron chi connectivity index (χ3n) is 4.78. The van der Waals surface area contributed by atoms with Gasteiger partial charge in [0.05, 0.1) is 23.0 Å². The standard InChI is InChI=1S/C23H22N2O3S/c1-15(2)28-23(27)24-19-10-9-17-8-7-16-5-3-4-6-20(16)25(21(17)13-19)22(26)18-11-12-29-14-18/h3-6,9-15H,7-8H2,1-2H3,(H,24,27). The molecule has 148 valence electrons. The number of benzene rings is 2. The third kappa shape index (κ3) is 4.03. The van der Waals surface area contributed by atoms with E-state index >= 15 is 0 Å². The van der Waals surface area contributed by atoms with Crippen LogP contribution in [0.1, 0.15) is 35.3 Å². The lowest BCUT2D eigenvalue weighted by Crippen LogP contribution is -2.26. The molecule has 1 aliphatic heterocycles. The fraction of sp³-hybridized carbons (Fsp3) is 0.217. The largest absolute Gasteiger partial charge is 0.447 e. The van der Waals surface area contributed by atoms with Crippen LogP contribution in [0.5, 0.6) is 0 Å². The van der Waals surface area contributed by atoms with Gasteiger partial charge < -0.3 is 4.74 Å². The quantitative estimate of drug-likeness (QED) is 0.600. The molecule has 0 atom stereocenters. The molecule has 1 aromatic heterocycles. The molecule has 0 fully saturated rings. The second kappa shape index (κ2) is 8.09. The summed E-state index contributed by atoms with van der Waals surface area (Å²) in [7, 11) is 0. The number of rotatable bonds is 3. The number of hydrogen-bond acceptors (Lipinski definition) is 4. The average Bonchev–Trinajstić information content (AvgIpc) is 3.17. The molecule has 0 saturated heterocycles. The van der Waals surface area contributed by atoms with E-state index < -0.39 is 6.09 Å². The molecule has 1 aliphatic rings. The van der Waals surface area contributed by atoms with Crippen molar-refractivity contribution in [1.29, 1.82) is 0 Å². The zero-order valence-corrected chi connectivity index (χ0v) is 17.2. The fourth-order valence-corrected chi connectivity index (χ4v) is 4.13. The molecule has 0 saturated carbocycles. The van der Waals surface area contributed by atoms with E-state index in [-0.39, 0.29) is 12.0 Å². The van der Waals surface area contributed by atoms with Gasteiger partial charge >= 0.3 is 6.09 Å². The first-order valence-corrected chi connectivity index (χ1v) is 10.5. The lowest BCUT2D eigenvalue weighted by molar-refractivity contribution is 0.0999. The summed E-state index contributed by atoms with van der Waals surface area (Å²) < 4.78 is 5.18. The highest BCUT2D eigenvalue weighted by Gasteiger charge is 2.27. The number of carbonyl (C=O) groups excluding carboxylic acids is 2. The molecule has 0 spiro atoms. The van der Waals surface area contributed by atoms with Crippen LogP contribution in [0.15, 0.2) is 59.3 Å². The van der Waals surface area contributed by atoms with Crippen LogP contribution in [-0.4, -0.2) is 18.1 Å². The zero-order chi connectivity index (χ0) is 20.4. The number of carbonyl (C=O) groups is 2. The van der Waals surface area contributed by atoms with Crippen LogP contribution < -0.4 is 10.2 Å². The summed E-state index contributed by atoms with van der Waals surface area (Å²) in [6.07, 6.45) is 0.943. The number of amides is 2. The van der Waals surface area contributed by atoms with Gasteiger partial charge in [-0.1, -0.05) is 24.3 Å². The van der Waals surface area contributed by atoms with E-state index in [1.807, 2.05) is 53.2 Å². The number of hydrogen-bond donors (Lipinski definition) is 1. The van der Waals surface area contributed by atoms with Crippen molar-refractivity contribution in [2.24, 2.45) is 0 Å². The molecule has 1 N–H and O–H groups in total. The topological polar surface area (TPSA) is 58.6 Å². The molecule has 0 radical (unpaired) electrons. The van der Waals surface area contributed by atoms with Gasteiger partial charge in [0.2, 0.25) is 0 Å². The predicted molar refractivity (Wildman–Crippen MR) is 116 cm³/mol. The number of nitrogens with zero attached hydrogens (tertiary/aromatic N) is 1. The normalized spacial score (nSPS) is 12.7. The maximum Gasteiger partial charge on any atom is 0.411 e. The molecule has 4 rings (SSSR count). The molecule has 0 bridgehead atoms. The van der Waals surface area contributed by atoms with Gasteiger partial charge in [-0.15, -0.1) is 0 Å². The van der Waals surface area contributed by atoms with E-state index in [1.165, 1.54) is 11.3 Å². The number of nitrogens with one attached hydrogen (secondary N) is 1. The highest BCUT2D eigenvalue weighted by atomic mass is 32.1. The van der Waals surface area contributed by atoms with E-state index in [9.17, 15) is 9.59 Å². The summed E-state index contributed by atoms with van der Waals surface area (Å²) in [6.45, 7) is 3.60. The molecule has 2 heterocycles. The van der Waals surface area contributed by atoms with Crippen molar-refractivity contribution in [2.75, 3.05) is 10.2 Å². The van der Waals surface area contributed by atoms with Crippen molar-refractivity contribution in [1.82, 2.24) is 0 Å². The van der Waals surface area contributed by atoms with E-state index in [0.29, 0.717) is 11.3 Å². The Bertz CT molecular complexity index is 1040. The van der Waals surface area contributed by atoms with Gasteiger partial charge in [-0.05, 0) is 67.5 Å². The Balaban J connectivity index is 1.78. The second-order valence-electron chi connectivity index (χ2n) is 7.20. The predicted octanol–water partition coefficient (Wildman–Crippen LogP) is 5.78. The minimum absolute atomic E-state index is 0.0799. The van der Waals surface area contributed by atoms with Crippen molar-refractivity contribution < 1.29 is 14.3 Å². The van der Waals surface area contributed by atoms with Crippen LogP contribution in [0.2, 0.25) is 0 Å². The number of anilines is 3. The molecule has 29 heavy (non-hydrogen) atoms. The third-order valence-corrected chi connectivity index (χ3v) is 5.47. The Morgan fingerprint density at radius 3 is 2.52 bits per heavy atom. The van der Waals surface area contributed by atoms with Crippen molar-refractivity contribution in [2.45, 2.75) is 32.8 Å². The summed E-state index contributed by atoms with van der Waals surface area (Å²) in [5.74, 6) is -0.0799. The lowest BCUT2D eigenvalue weighted by atomic mass is 10.0. The molecule has 2 aromatic carbocycles. The van der Waals surface area contributed by atoms with Crippen LogP contribution in [-0.2, 0) is 17.6 Å². The molecule has 2 amide bonds. The van der Waals surface area contributed by atoms with Crippen LogP contribution >= 0.6 is 11.3 Å². The van der Waals surface area contributed by atoms with Gasteiger partial charge in [-0.3, -0.25) is 15.0 Å². The van der Waals surface area contributed by atoms with Crippen molar-refractivity contribution >= 4 is 40.4 Å². The number of ether oxygens (including phenoxy) is 1. The first kappa shape index (κ1) is 19.2. The lowest BCUT2D eigenvalue weighted by Gasteiger charge is -2.25. The Labute approximate surface area is 173 Å². The summed E-state index contributed by atoms with van der Waals surface area (Å²) in [5, 5.41) is 6.52. The van der Waals surface area contributed by atoms with Gasteiger partial charge in [-0.25, -0.2) is 4.79 Å². The molecule has 6 heteroatoms. The van der Waals surface area contributed by atoms with Crippen LogP contribution in [0.3, 0.4) is 0 Å². The smallest absolute Gasteiger partial charge is 0.411 e. The maximum atomic E-state index is 13.4. The minimum Gasteiger partial charge on any atom is -0.447 e. The number of fused-ring (bicyclic) bond motifs is 2. The molecule has 5 nitrogen and oxygen atoms in total.